The van der Waals surface area contributed by atoms with Gasteiger partial charge in [-0.1, -0.05) is 6.92 Å². The maximum atomic E-state index is 11.9. The number of nitrogens with zero attached hydrogens (tertiary/aromatic N) is 1. The fraction of sp³-hybridized carbons (Fsp3) is 0.583. The first-order valence-corrected chi connectivity index (χ1v) is 5.90. The predicted octanol–water partition coefficient (Wildman–Crippen LogP) is 2.80. The van der Waals surface area contributed by atoms with Crippen molar-refractivity contribution < 1.29 is 23.0 Å². The average Bonchev–Trinajstić information content (AvgIpc) is 2.25. The number of halogens is 3. The van der Waals surface area contributed by atoms with Crippen LogP contribution in [0.4, 0.5) is 19.0 Å². The minimum absolute atomic E-state index is 0.230. The van der Waals surface area contributed by atoms with Gasteiger partial charge in [0, 0.05) is 6.54 Å². The van der Waals surface area contributed by atoms with Crippen molar-refractivity contribution in [2.45, 2.75) is 32.7 Å². The molecule has 2 atom stereocenters. The van der Waals surface area contributed by atoms with E-state index in [0.717, 1.165) is 6.20 Å². The number of hydrogen-bond acceptors (Lipinski definition) is 4. The van der Waals surface area contributed by atoms with Crippen LogP contribution in [0.2, 0.25) is 0 Å². The minimum atomic E-state index is -4.71. The fourth-order valence-electron chi connectivity index (χ4n) is 1.62. The van der Waals surface area contributed by atoms with Crippen molar-refractivity contribution in [3.63, 3.8) is 0 Å². The summed E-state index contributed by atoms with van der Waals surface area (Å²) in [6.45, 7) is 4.25. The van der Waals surface area contributed by atoms with E-state index in [9.17, 15) is 18.3 Å². The van der Waals surface area contributed by atoms with Gasteiger partial charge in [0.05, 0.1) is 12.3 Å². The lowest BCUT2D eigenvalue weighted by Crippen LogP contribution is -2.18. The highest BCUT2D eigenvalue weighted by atomic mass is 19.4. The Morgan fingerprint density at radius 1 is 1.37 bits per heavy atom. The Bertz CT molecular complexity index is 380. The third kappa shape index (κ3) is 6.85. The Kier molecular flexibility index (Phi) is 5.41. The number of rotatable bonds is 6. The van der Waals surface area contributed by atoms with Gasteiger partial charge in [-0.2, -0.15) is 0 Å². The van der Waals surface area contributed by atoms with Crippen molar-refractivity contribution in [3.05, 3.63) is 18.3 Å². The van der Waals surface area contributed by atoms with Gasteiger partial charge in [-0.05, 0) is 31.4 Å². The van der Waals surface area contributed by atoms with Crippen molar-refractivity contribution in [1.29, 1.82) is 0 Å². The van der Waals surface area contributed by atoms with Crippen molar-refractivity contribution in [2.75, 3.05) is 11.9 Å². The predicted molar refractivity (Wildman–Crippen MR) is 64.9 cm³/mol. The first-order chi connectivity index (χ1) is 8.76. The number of ether oxygens (including phenoxy) is 1. The molecular formula is C12H17F3N2O2. The van der Waals surface area contributed by atoms with Gasteiger partial charge in [-0.15, -0.1) is 13.2 Å². The lowest BCUT2D eigenvalue weighted by Gasteiger charge is -2.14. The summed E-state index contributed by atoms with van der Waals surface area (Å²) in [5, 5.41) is 12.2. The van der Waals surface area contributed by atoms with Gasteiger partial charge in [0.15, 0.2) is 0 Å². The largest absolute Gasteiger partial charge is 0.573 e. The molecule has 7 heteroatoms. The molecule has 2 unspecified atom stereocenters. The van der Waals surface area contributed by atoms with Crippen LogP contribution in [0.15, 0.2) is 18.3 Å². The Balaban J connectivity index is 2.44. The molecule has 0 bridgehead atoms. The van der Waals surface area contributed by atoms with E-state index >= 15 is 0 Å². The molecular weight excluding hydrogens is 261 g/mol. The van der Waals surface area contributed by atoms with Crippen molar-refractivity contribution in [3.8, 4) is 5.75 Å². The molecule has 0 saturated carbocycles. The van der Waals surface area contributed by atoms with Crippen LogP contribution in [0.25, 0.3) is 0 Å². The van der Waals surface area contributed by atoms with Crippen LogP contribution in [-0.4, -0.2) is 29.1 Å². The zero-order valence-electron chi connectivity index (χ0n) is 10.7. The van der Waals surface area contributed by atoms with Crippen LogP contribution in [0, 0.1) is 5.92 Å². The summed E-state index contributed by atoms with van der Waals surface area (Å²) in [6, 6.07) is 2.61. The second-order valence-corrected chi connectivity index (χ2v) is 4.50. The van der Waals surface area contributed by atoms with Crippen molar-refractivity contribution in [1.82, 2.24) is 4.98 Å². The van der Waals surface area contributed by atoms with E-state index < -0.39 is 6.36 Å². The second kappa shape index (κ2) is 6.60. The fourth-order valence-corrected chi connectivity index (χ4v) is 1.62. The van der Waals surface area contributed by atoms with Gasteiger partial charge in [-0.25, -0.2) is 4.98 Å². The minimum Gasteiger partial charge on any atom is -0.404 e. The van der Waals surface area contributed by atoms with E-state index in [4.69, 9.17) is 0 Å². The normalized spacial score (nSPS) is 14.8. The molecule has 1 aromatic heterocycles. The summed E-state index contributed by atoms with van der Waals surface area (Å²) in [6.07, 6.45) is -3.44. The molecule has 1 aromatic rings. The quantitative estimate of drug-likeness (QED) is 0.840. The van der Waals surface area contributed by atoms with Crippen LogP contribution >= 0.6 is 0 Å². The standard InChI is InChI=1S/C12H17F3N2O2/c1-8(5-9(2)18)6-16-11-4-3-10(7-17-11)19-12(13,14)15/h3-4,7-9,18H,5-6H2,1-2H3,(H,16,17). The summed E-state index contributed by atoms with van der Waals surface area (Å²) in [5.74, 6) is 0.343. The van der Waals surface area contributed by atoms with E-state index in [1.165, 1.54) is 12.1 Å². The Morgan fingerprint density at radius 3 is 2.53 bits per heavy atom. The number of anilines is 1. The molecule has 0 radical (unpaired) electrons. The van der Waals surface area contributed by atoms with Gasteiger partial charge in [0.2, 0.25) is 0 Å². The van der Waals surface area contributed by atoms with E-state index in [1.807, 2.05) is 6.92 Å². The van der Waals surface area contributed by atoms with E-state index in [0.29, 0.717) is 18.8 Å². The number of pyridine rings is 1. The summed E-state index contributed by atoms with van der Waals surface area (Å²) >= 11 is 0. The van der Waals surface area contributed by atoms with Gasteiger partial charge in [0.1, 0.15) is 11.6 Å². The number of nitrogens with one attached hydrogen (secondary N) is 1. The molecule has 0 fully saturated rings. The van der Waals surface area contributed by atoms with Crippen LogP contribution in [0.1, 0.15) is 20.3 Å². The topological polar surface area (TPSA) is 54.4 Å². The molecule has 108 valence electrons. The molecule has 0 saturated heterocycles. The molecule has 1 rings (SSSR count). The van der Waals surface area contributed by atoms with E-state index in [1.54, 1.807) is 6.92 Å². The zero-order chi connectivity index (χ0) is 14.5. The molecule has 0 spiro atoms. The summed E-state index contributed by atoms with van der Waals surface area (Å²) in [5.41, 5.74) is 0. The SMILES string of the molecule is CC(O)CC(C)CNc1ccc(OC(F)(F)F)cn1. The number of aliphatic hydroxyl groups is 1. The van der Waals surface area contributed by atoms with Crippen LogP contribution in [0.3, 0.4) is 0 Å². The first kappa shape index (κ1) is 15.6. The second-order valence-electron chi connectivity index (χ2n) is 4.50. The van der Waals surface area contributed by atoms with E-state index in [-0.39, 0.29) is 17.8 Å². The van der Waals surface area contributed by atoms with Crippen molar-refractivity contribution >= 4 is 5.82 Å². The zero-order valence-corrected chi connectivity index (χ0v) is 10.7. The Labute approximate surface area is 109 Å². The van der Waals surface area contributed by atoms with Gasteiger partial charge in [-0.3, -0.25) is 0 Å². The maximum absolute atomic E-state index is 11.9. The lowest BCUT2D eigenvalue weighted by molar-refractivity contribution is -0.274. The van der Waals surface area contributed by atoms with Gasteiger partial charge >= 0.3 is 6.36 Å². The maximum Gasteiger partial charge on any atom is 0.573 e. The number of aromatic nitrogens is 1. The summed E-state index contributed by atoms with van der Waals surface area (Å²) < 4.78 is 39.5. The molecule has 19 heavy (non-hydrogen) atoms. The molecule has 0 aliphatic rings. The van der Waals surface area contributed by atoms with Crippen LogP contribution in [-0.2, 0) is 0 Å². The highest BCUT2D eigenvalue weighted by Crippen LogP contribution is 2.22. The third-order valence-electron chi connectivity index (χ3n) is 2.35. The van der Waals surface area contributed by atoms with Gasteiger partial charge in [0.25, 0.3) is 0 Å². The molecule has 2 N–H and O–H groups in total. The highest BCUT2D eigenvalue weighted by molar-refractivity contribution is 5.37. The average molecular weight is 278 g/mol. The van der Waals surface area contributed by atoms with Crippen LogP contribution in [0.5, 0.6) is 5.75 Å². The van der Waals surface area contributed by atoms with E-state index in [2.05, 4.69) is 15.0 Å². The molecule has 0 aliphatic carbocycles. The number of hydrogen-bond donors (Lipinski definition) is 2. The van der Waals surface area contributed by atoms with Gasteiger partial charge < -0.3 is 15.2 Å². The first-order valence-electron chi connectivity index (χ1n) is 5.90. The molecule has 1 heterocycles. The monoisotopic (exact) mass is 278 g/mol. The molecule has 4 nitrogen and oxygen atoms in total. The van der Waals surface area contributed by atoms with Crippen LogP contribution < -0.4 is 10.1 Å². The number of aliphatic hydroxyl groups excluding tert-OH is 1. The number of alkyl halides is 3. The summed E-state index contributed by atoms with van der Waals surface area (Å²) in [4.78, 5) is 3.82. The Hall–Kier alpha value is -1.50. The summed E-state index contributed by atoms with van der Waals surface area (Å²) in [7, 11) is 0. The molecule has 0 aliphatic heterocycles. The van der Waals surface area contributed by atoms with Crippen molar-refractivity contribution in [2.24, 2.45) is 5.92 Å². The highest BCUT2D eigenvalue weighted by Gasteiger charge is 2.31. The third-order valence-corrected chi connectivity index (χ3v) is 2.35. The lowest BCUT2D eigenvalue weighted by atomic mass is 10.1. The smallest absolute Gasteiger partial charge is 0.404 e. The molecule has 0 aromatic carbocycles. The Morgan fingerprint density at radius 2 is 2.05 bits per heavy atom. The molecule has 0 amide bonds.